The topological polar surface area (TPSA) is 80.3 Å². The molecule has 0 bridgehead atoms. The van der Waals surface area contributed by atoms with E-state index in [4.69, 9.17) is 4.74 Å². The van der Waals surface area contributed by atoms with Gasteiger partial charge in [-0.25, -0.2) is 9.78 Å². The molecular formula is C16H21N3O3. The van der Waals surface area contributed by atoms with Crippen LogP contribution < -0.4 is 10.6 Å². The summed E-state index contributed by atoms with van der Waals surface area (Å²) in [5.41, 5.74) is 0.230. The lowest BCUT2D eigenvalue weighted by atomic mass is 10.0. The molecule has 1 aromatic heterocycles. The molecule has 2 heterocycles. The number of anilines is 2. The van der Waals surface area contributed by atoms with Crippen LogP contribution >= 0.6 is 0 Å². The second-order valence-corrected chi connectivity index (χ2v) is 6.74. The van der Waals surface area contributed by atoms with Crippen molar-refractivity contribution in [3.63, 3.8) is 0 Å². The third-order valence-electron chi connectivity index (χ3n) is 2.97. The number of carbonyl (C=O) groups excluding carboxylic acids is 2. The van der Waals surface area contributed by atoms with E-state index in [0.29, 0.717) is 5.82 Å². The van der Waals surface area contributed by atoms with E-state index >= 15 is 0 Å². The molecule has 1 aliphatic heterocycles. The molecule has 2 N–H and O–H groups in total. The molecule has 0 atom stereocenters. The first-order chi connectivity index (χ1) is 10.1. The molecule has 1 aromatic rings. The number of carbonyl (C=O) groups is 2. The Balaban J connectivity index is 2.15. The van der Waals surface area contributed by atoms with Gasteiger partial charge >= 0.3 is 5.97 Å². The van der Waals surface area contributed by atoms with E-state index in [-0.39, 0.29) is 5.91 Å². The van der Waals surface area contributed by atoms with Gasteiger partial charge in [0.1, 0.15) is 11.1 Å². The smallest absolute Gasteiger partial charge is 0.331 e. The highest BCUT2D eigenvalue weighted by molar-refractivity contribution is 6.04. The highest BCUT2D eigenvalue weighted by Gasteiger charge is 2.33. The molecule has 22 heavy (non-hydrogen) atoms. The van der Waals surface area contributed by atoms with E-state index in [1.54, 1.807) is 26.1 Å². The number of amides is 1. The van der Waals surface area contributed by atoms with E-state index in [1.165, 1.54) is 6.08 Å². The van der Waals surface area contributed by atoms with Crippen molar-refractivity contribution < 1.29 is 14.3 Å². The number of esters is 1. The summed E-state index contributed by atoms with van der Waals surface area (Å²) in [6, 6.07) is 1.82. The number of aromatic nitrogens is 1. The van der Waals surface area contributed by atoms with Crippen LogP contribution in [0.15, 0.2) is 18.3 Å². The van der Waals surface area contributed by atoms with E-state index in [9.17, 15) is 9.59 Å². The van der Waals surface area contributed by atoms with Crippen molar-refractivity contribution in [1.29, 1.82) is 0 Å². The van der Waals surface area contributed by atoms with Crippen LogP contribution in [0.25, 0.3) is 6.08 Å². The van der Waals surface area contributed by atoms with Crippen molar-refractivity contribution in [2.75, 3.05) is 10.6 Å². The summed E-state index contributed by atoms with van der Waals surface area (Å²) in [6.07, 6.45) is 4.58. The molecule has 0 radical (unpaired) electrons. The second-order valence-electron chi connectivity index (χ2n) is 6.74. The predicted octanol–water partition coefficient (Wildman–Crippen LogP) is 2.58. The molecule has 0 spiro atoms. The van der Waals surface area contributed by atoms with Gasteiger partial charge in [0.05, 0.1) is 5.69 Å². The van der Waals surface area contributed by atoms with E-state index in [2.05, 4.69) is 15.6 Å². The van der Waals surface area contributed by atoms with Crippen LogP contribution in [0.3, 0.4) is 0 Å². The quantitative estimate of drug-likeness (QED) is 0.648. The van der Waals surface area contributed by atoms with Gasteiger partial charge in [-0.05, 0) is 52.3 Å². The van der Waals surface area contributed by atoms with Gasteiger partial charge in [-0.3, -0.25) is 4.79 Å². The average Bonchev–Trinajstić information content (AvgIpc) is 2.35. The monoisotopic (exact) mass is 303 g/mol. The fourth-order valence-corrected chi connectivity index (χ4v) is 1.92. The Bertz CT molecular complexity index is 643. The van der Waals surface area contributed by atoms with Crippen LogP contribution in [-0.4, -0.2) is 28.0 Å². The highest BCUT2D eigenvalue weighted by atomic mass is 16.6. The molecule has 0 unspecified atom stereocenters. The summed E-state index contributed by atoms with van der Waals surface area (Å²) >= 11 is 0. The molecule has 0 aromatic carbocycles. The number of ether oxygens (including phenoxy) is 1. The summed E-state index contributed by atoms with van der Waals surface area (Å²) in [7, 11) is 0. The standard InChI is InChI=1S/C16H21N3O3/c1-15(2,3)22-12(20)7-6-10-8-11-13(17-9-10)18-14(21)16(4,5)19-11/h6-9,19H,1-5H3,(H,17,18,21)/b7-6+. The Morgan fingerprint density at radius 2 is 2.05 bits per heavy atom. The maximum Gasteiger partial charge on any atom is 0.331 e. The van der Waals surface area contributed by atoms with E-state index in [1.807, 2.05) is 26.8 Å². The van der Waals surface area contributed by atoms with Gasteiger partial charge in [0.25, 0.3) is 5.91 Å². The van der Waals surface area contributed by atoms with Gasteiger partial charge < -0.3 is 15.4 Å². The number of pyridine rings is 1. The number of hydrogen-bond acceptors (Lipinski definition) is 5. The molecule has 6 nitrogen and oxygen atoms in total. The number of nitrogens with one attached hydrogen (secondary N) is 2. The average molecular weight is 303 g/mol. The van der Waals surface area contributed by atoms with Crippen molar-refractivity contribution >= 4 is 29.5 Å². The number of rotatable bonds is 2. The van der Waals surface area contributed by atoms with Gasteiger partial charge in [0, 0.05) is 12.3 Å². The summed E-state index contributed by atoms with van der Waals surface area (Å²) in [6.45, 7) is 9.01. The molecule has 0 saturated heterocycles. The Kier molecular flexibility index (Phi) is 3.96. The lowest BCUT2D eigenvalue weighted by Gasteiger charge is -2.32. The molecule has 118 valence electrons. The molecule has 0 saturated carbocycles. The number of nitrogens with zero attached hydrogens (tertiary/aromatic N) is 1. The lowest BCUT2D eigenvalue weighted by molar-refractivity contribution is -0.148. The summed E-state index contributed by atoms with van der Waals surface area (Å²) in [4.78, 5) is 27.7. The third-order valence-corrected chi connectivity index (χ3v) is 2.97. The minimum Gasteiger partial charge on any atom is -0.457 e. The minimum atomic E-state index is -0.706. The van der Waals surface area contributed by atoms with Crippen molar-refractivity contribution in [3.05, 3.63) is 23.9 Å². The van der Waals surface area contributed by atoms with Crippen molar-refractivity contribution in [1.82, 2.24) is 4.98 Å². The Labute approximate surface area is 130 Å². The summed E-state index contributed by atoms with van der Waals surface area (Å²) in [5.74, 6) is -0.0601. The Hall–Kier alpha value is -2.37. The van der Waals surface area contributed by atoms with Gasteiger partial charge in [-0.2, -0.15) is 0 Å². The molecule has 2 rings (SSSR count). The largest absolute Gasteiger partial charge is 0.457 e. The SMILES string of the molecule is CC(C)(C)OC(=O)/C=C/c1cnc2c(c1)NC(C)(C)C(=O)N2. The van der Waals surface area contributed by atoms with Gasteiger partial charge in [-0.1, -0.05) is 0 Å². The maximum absolute atomic E-state index is 11.8. The van der Waals surface area contributed by atoms with Crippen molar-refractivity contribution in [2.45, 2.75) is 45.8 Å². The summed E-state index contributed by atoms with van der Waals surface area (Å²) < 4.78 is 5.20. The second kappa shape index (κ2) is 5.44. The maximum atomic E-state index is 11.8. The van der Waals surface area contributed by atoms with Crippen molar-refractivity contribution in [2.24, 2.45) is 0 Å². The first-order valence-corrected chi connectivity index (χ1v) is 7.08. The molecule has 6 heteroatoms. The first-order valence-electron chi connectivity index (χ1n) is 7.08. The Morgan fingerprint density at radius 3 is 2.68 bits per heavy atom. The van der Waals surface area contributed by atoms with E-state index in [0.717, 1.165) is 11.3 Å². The van der Waals surface area contributed by atoms with Crippen molar-refractivity contribution in [3.8, 4) is 0 Å². The van der Waals surface area contributed by atoms with Gasteiger partial charge in [0.2, 0.25) is 0 Å². The first kappa shape index (κ1) is 16.0. The zero-order chi connectivity index (χ0) is 16.5. The lowest BCUT2D eigenvalue weighted by Crippen LogP contribution is -2.47. The van der Waals surface area contributed by atoms with Gasteiger partial charge in [-0.15, -0.1) is 0 Å². The Morgan fingerprint density at radius 1 is 1.36 bits per heavy atom. The fraction of sp³-hybridized carbons (Fsp3) is 0.438. The van der Waals surface area contributed by atoms with Crippen LogP contribution in [0, 0.1) is 0 Å². The van der Waals surface area contributed by atoms with Gasteiger partial charge in [0.15, 0.2) is 5.82 Å². The molecule has 0 aliphatic carbocycles. The molecule has 0 fully saturated rings. The van der Waals surface area contributed by atoms with E-state index < -0.39 is 17.1 Å². The van der Waals surface area contributed by atoms with Crippen LogP contribution in [0.2, 0.25) is 0 Å². The molecular weight excluding hydrogens is 282 g/mol. The van der Waals surface area contributed by atoms with Crippen LogP contribution in [0.1, 0.15) is 40.2 Å². The minimum absolute atomic E-state index is 0.135. The summed E-state index contributed by atoms with van der Waals surface area (Å²) in [5, 5.41) is 5.87. The zero-order valence-corrected chi connectivity index (χ0v) is 13.5. The third kappa shape index (κ3) is 3.84. The number of fused-ring (bicyclic) bond motifs is 1. The zero-order valence-electron chi connectivity index (χ0n) is 13.5. The normalized spacial score (nSPS) is 16.7. The van der Waals surface area contributed by atoms with Crippen LogP contribution in [-0.2, 0) is 14.3 Å². The fourth-order valence-electron chi connectivity index (χ4n) is 1.92. The number of hydrogen-bond donors (Lipinski definition) is 2. The molecule has 1 aliphatic rings. The van der Waals surface area contributed by atoms with Crippen LogP contribution in [0.4, 0.5) is 11.5 Å². The predicted molar refractivity (Wildman–Crippen MR) is 85.4 cm³/mol. The highest BCUT2D eigenvalue weighted by Crippen LogP contribution is 2.29. The van der Waals surface area contributed by atoms with Crippen LogP contribution in [0.5, 0.6) is 0 Å². The molecule has 1 amide bonds.